The van der Waals surface area contributed by atoms with Gasteiger partial charge >= 0.3 is 24.4 Å². The highest BCUT2D eigenvalue weighted by atomic mass is 35.5. The fraction of sp³-hybridized carbons (Fsp3) is 0.604. The SMILES string of the molecule is C.C=CCOC(=O)N1CCC(=O)CC1.C=CCOC(=O)N1CCC(N2C[C@H](C)N(C(=O)OC(C)(C)C)C[C@@H]2Cc2ccc(Cl)cc2)CC1.C[C@H]1CN[C@@H](Cc2ccc(Cl)cc2)CN1C(=O)OC(C)(C)C. The molecule has 4 fully saturated rings. The maximum absolute atomic E-state index is 13.0. The Bertz CT molecular complexity index is 1990. The van der Waals surface area contributed by atoms with Crippen molar-refractivity contribution in [3.8, 4) is 0 Å². The second kappa shape index (κ2) is 28.3. The summed E-state index contributed by atoms with van der Waals surface area (Å²) >= 11 is 12.0. The van der Waals surface area contributed by atoms with Gasteiger partial charge in [0.15, 0.2) is 0 Å². The smallest absolute Gasteiger partial charge is 0.410 e. The molecule has 0 spiro atoms. The van der Waals surface area contributed by atoms with Gasteiger partial charge in [-0.1, -0.05) is 80.2 Å². The van der Waals surface area contributed by atoms with Crippen molar-refractivity contribution in [2.45, 2.75) is 143 Å². The van der Waals surface area contributed by atoms with Crippen molar-refractivity contribution in [1.82, 2.24) is 29.8 Å². The number of nitrogens with zero attached hydrogens (tertiary/aromatic N) is 5. The number of hydrogen-bond acceptors (Lipinski definition) is 11. The number of rotatable bonds is 9. The maximum atomic E-state index is 13.0. The first-order valence-corrected chi connectivity index (χ1v) is 24.9. The molecule has 4 atom stereocenters. The molecule has 0 aromatic heterocycles. The van der Waals surface area contributed by atoms with Crippen molar-refractivity contribution in [3.63, 3.8) is 0 Å². The van der Waals surface area contributed by atoms with E-state index >= 15 is 0 Å². The predicted octanol–water partition coefficient (Wildman–Crippen LogP) is 10.1. The second-order valence-corrected chi connectivity index (χ2v) is 20.9. The zero-order chi connectivity index (χ0) is 50.9. The van der Waals surface area contributed by atoms with Crippen LogP contribution in [0.25, 0.3) is 0 Å². The first kappa shape index (κ1) is 59.5. The van der Waals surface area contributed by atoms with Gasteiger partial charge in [-0.3, -0.25) is 9.69 Å². The van der Waals surface area contributed by atoms with Crippen LogP contribution >= 0.6 is 23.2 Å². The summed E-state index contributed by atoms with van der Waals surface area (Å²) in [7, 11) is 0. The Kier molecular flexibility index (Phi) is 24.0. The van der Waals surface area contributed by atoms with Gasteiger partial charge in [0.05, 0.1) is 0 Å². The molecule has 15 nitrogen and oxygen atoms in total. The largest absolute Gasteiger partial charge is 0.445 e. The number of nitrogens with one attached hydrogen (secondary N) is 1. The number of ketones is 1. The van der Waals surface area contributed by atoms with Crippen molar-refractivity contribution in [2.75, 3.05) is 65.6 Å². The van der Waals surface area contributed by atoms with E-state index in [9.17, 15) is 24.0 Å². The van der Waals surface area contributed by atoms with E-state index in [0.29, 0.717) is 63.2 Å². The van der Waals surface area contributed by atoms with Gasteiger partial charge in [0.2, 0.25) is 0 Å². The minimum Gasteiger partial charge on any atom is -0.445 e. The van der Waals surface area contributed by atoms with Gasteiger partial charge in [0, 0.05) is 105 Å². The van der Waals surface area contributed by atoms with Gasteiger partial charge in [0.25, 0.3) is 0 Å². The third-order valence-electron chi connectivity index (χ3n) is 12.0. The standard InChI is InChI=1S/C26H38ClN3O4.C17H25ClN2O2.C9H13NO3.CH4/c1-6-15-33-24(31)28-13-11-22(12-14-28)30-17-19(2)29(25(32)34-26(3,4)5)18-23(30)16-20-7-9-21(27)10-8-20;1-12-10-19-15(9-13-5-7-14(18)8-6-13)11-20(12)16(21)22-17(2,3)4;1-2-7-13-9(12)10-5-3-8(11)4-6-10;/h6-10,19,22-23H,1,11-18H2,2-5H3;5-8,12,15,19H,9-11H2,1-4H3;2H,1,3-7H2;1H4/t19-,23-;12-,15-;;/m00../s1. The topological polar surface area (TPSA) is 150 Å². The van der Waals surface area contributed by atoms with Crippen LogP contribution in [-0.4, -0.2) is 162 Å². The van der Waals surface area contributed by atoms with E-state index in [0.717, 1.165) is 43.8 Å². The molecule has 4 heterocycles. The van der Waals surface area contributed by atoms with Gasteiger partial charge < -0.3 is 43.9 Å². The molecular weight excluding hydrogens is 936 g/mol. The van der Waals surface area contributed by atoms with E-state index in [4.69, 9.17) is 42.1 Å². The van der Waals surface area contributed by atoms with Crippen LogP contribution in [0.3, 0.4) is 0 Å². The number of carbonyl (C=O) groups excluding carboxylic acids is 5. The molecule has 17 heteroatoms. The third-order valence-corrected chi connectivity index (χ3v) is 12.5. The predicted molar refractivity (Wildman–Crippen MR) is 278 cm³/mol. The highest BCUT2D eigenvalue weighted by molar-refractivity contribution is 6.30. The van der Waals surface area contributed by atoms with Gasteiger partial charge in [-0.25, -0.2) is 19.2 Å². The second-order valence-electron chi connectivity index (χ2n) is 20.1. The third kappa shape index (κ3) is 20.1. The Labute approximate surface area is 427 Å². The number of Topliss-reactive ketones (excluding diaryl/α,β-unsaturated/α-hetero) is 1. The van der Waals surface area contributed by atoms with Crippen LogP contribution in [0.2, 0.25) is 10.0 Å². The quantitative estimate of drug-likeness (QED) is 0.189. The lowest BCUT2D eigenvalue weighted by Crippen LogP contribution is -2.63. The molecule has 0 unspecified atom stereocenters. The summed E-state index contributed by atoms with van der Waals surface area (Å²) in [6.07, 6.45) is 6.29. The van der Waals surface area contributed by atoms with Crippen molar-refractivity contribution in [3.05, 3.63) is 95.0 Å². The summed E-state index contributed by atoms with van der Waals surface area (Å²) in [5.74, 6) is 0.216. The van der Waals surface area contributed by atoms with E-state index in [2.05, 4.69) is 42.4 Å². The van der Waals surface area contributed by atoms with Crippen LogP contribution in [0.1, 0.15) is 99.6 Å². The first-order valence-electron chi connectivity index (χ1n) is 24.1. The molecule has 2 aromatic carbocycles. The minimum atomic E-state index is -0.535. The summed E-state index contributed by atoms with van der Waals surface area (Å²) < 4.78 is 21.2. The van der Waals surface area contributed by atoms with Gasteiger partial charge in [0.1, 0.15) is 30.2 Å². The molecule has 4 amide bonds. The molecule has 2 aromatic rings. The van der Waals surface area contributed by atoms with Gasteiger partial charge in [-0.15, -0.1) is 0 Å². The molecule has 6 rings (SSSR count). The van der Waals surface area contributed by atoms with Crippen LogP contribution < -0.4 is 5.32 Å². The Morgan fingerprint density at radius 3 is 1.56 bits per heavy atom. The molecule has 1 N–H and O–H groups in total. The van der Waals surface area contributed by atoms with Gasteiger partial charge in [-0.05, 0) is 116 Å². The average Bonchev–Trinajstić information content (AvgIpc) is 3.29. The average molecular weight is 1020 g/mol. The molecule has 4 saturated heterocycles. The summed E-state index contributed by atoms with van der Waals surface area (Å²) in [4.78, 5) is 69.1. The zero-order valence-corrected chi connectivity index (χ0v) is 43.6. The zero-order valence-electron chi connectivity index (χ0n) is 42.1. The fourth-order valence-corrected chi connectivity index (χ4v) is 8.72. The summed E-state index contributed by atoms with van der Waals surface area (Å²) in [6, 6.07) is 16.6. The molecule has 4 aliphatic heterocycles. The van der Waals surface area contributed by atoms with Crippen LogP contribution in [0.4, 0.5) is 19.2 Å². The highest BCUT2D eigenvalue weighted by Gasteiger charge is 2.40. The number of halogens is 2. The van der Waals surface area contributed by atoms with Crippen molar-refractivity contribution in [2.24, 2.45) is 0 Å². The summed E-state index contributed by atoms with van der Waals surface area (Å²) in [5, 5.41) is 4.95. The molecular formula is C53H80Cl2N6O9. The van der Waals surface area contributed by atoms with Gasteiger partial charge in [-0.2, -0.15) is 0 Å². The molecule has 0 aliphatic carbocycles. The number of amides is 4. The number of hydrogen-bond donors (Lipinski definition) is 1. The molecule has 4 aliphatic rings. The van der Waals surface area contributed by atoms with E-state index in [1.807, 2.05) is 94.7 Å². The van der Waals surface area contributed by atoms with E-state index in [-0.39, 0.29) is 75.0 Å². The van der Waals surface area contributed by atoms with Crippen molar-refractivity contribution >= 4 is 53.4 Å². The summed E-state index contributed by atoms with van der Waals surface area (Å²) in [6.45, 7) is 28.0. The fourth-order valence-electron chi connectivity index (χ4n) is 8.47. The number of piperazine rings is 2. The molecule has 0 bridgehead atoms. The van der Waals surface area contributed by atoms with Crippen LogP contribution in [0, 0.1) is 0 Å². The lowest BCUT2D eigenvalue weighted by Gasteiger charge is -2.50. The number of piperidine rings is 2. The number of carbonyl (C=O) groups is 5. The highest BCUT2D eigenvalue weighted by Crippen LogP contribution is 2.28. The lowest BCUT2D eigenvalue weighted by molar-refractivity contribution is -0.121. The van der Waals surface area contributed by atoms with Crippen LogP contribution in [-0.2, 0) is 36.6 Å². The maximum Gasteiger partial charge on any atom is 0.410 e. The Hall–Kier alpha value is -4.83. The molecule has 390 valence electrons. The minimum absolute atomic E-state index is 0. The first-order chi connectivity index (χ1) is 32.5. The Morgan fingerprint density at radius 1 is 0.657 bits per heavy atom. The normalized spacial score (nSPS) is 21.1. The Morgan fingerprint density at radius 2 is 1.10 bits per heavy atom. The summed E-state index contributed by atoms with van der Waals surface area (Å²) in [5.41, 5.74) is 1.39. The van der Waals surface area contributed by atoms with Crippen LogP contribution in [0.5, 0.6) is 0 Å². The van der Waals surface area contributed by atoms with Crippen molar-refractivity contribution < 1.29 is 42.9 Å². The molecule has 0 saturated carbocycles. The lowest BCUT2D eigenvalue weighted by atomic mass is 9.94. The monoisotopic (exact) mass is 1010 g/mol. The van der Waals surface area contributed by atoms with E-state index in [1.54, 1.807) is 15.9 Å². The Balaban J connectivity index is 0.000000307. The van der Waals surface area contributed by atoms with E-state index < -0.39 is 11.2 Å². The molecule has 0 radical (unpaired) electrons. The molecule has 70 heavy (non-hydrogen) atoms. The van der Waals surface area contributed by atoms with Crippen molar-refractivity contribution in [1.29, 1.82) is 0 Å². The number of likely N-dealkylation sites (tertiary alicyclic amines) is 2. The van der Waals surface area contributed by atoms with E-state index in [1.165, 1.54) is 17.2 Å². The number of ether oxygens (including phenoxy) is 4. The number of benzene rings is 2. The van der Waals surface area contributed by atoms with Crippen LogP contribution in [0.15, 0.2) is 73.8 Å².